The molecular formula is C16H14BrN3. The van der Waals surface area contributed by atoms with Gasteiger partial charge in [0.2, 0.25) is 0 Å². The monoisotopic (exact) mass is 327 g/mol. The summed E-state index contributed by atoms with van der Waals surface area (Å²) >= 11 is 3.58. The van der Waals surface area contributed by atoms with Crippen molar-refractivity contribution in [2.75, 3.05) is 0 Å². The van der Waals surface area contributed by atoms with Crippen molar-refractivity contribution in [2.45, 2.75) is 13.5 Å². The molecule has 0 radical (unpaired) electrons. The summed E-state index contributed by atoms with van der Waals surface area (Å²) in [5, 5.41) is 4.51. The van der Waals surface area contributed by atoms with Crippen molar-refractivity contribution in [1.82, 2.24) is 14.8 Å². The van der Waals surface area contributed by atoms with Crippen LogP contribution in [0.1, 0.15) is 11.4 Å². The highest BCUT2D eigenvalue weighted by Gasteiger charge is 2.11. The maximum absolute atomic E-state index is 4.54. The quantitative estimate of drug-likeness (QED) is 0.726. The van der Waals surface area contributed by atoms with Crippen molar-refractivity contribution in [3.05, 3.63) is 70.5 Å². The molecule has 0 atom stereocenters. The Bertz CT molecular complexity index is 720. The van der Waals surface area contributed by atoms with Crippen molar-refractivity contribution in [1.29, 1.82) is 0 Å². The van der Waals surface area contributed by atoms with Crippen molar-refractivity contribution in [3.63, 3.8) is 0 Å². The lowest BCUT2D eigenvalue weighted by Gasteiger charge is -2.07. The van der Waals surface area contributed by atoms with Crippen molar-refractivity contribution in [2.24, 2.45) is 0 Å². The van der Waals surface area contributed by atoms with E-state index in [2.05, 4.69) is 44.2 Å². The molecule has 3 aromatic rings. The molecule has 0 unspecified atom stereocenters. The number of aryl methyl sites for hydroxylation is 1. The van der Waals surface area contributed by atoms with E-state index in [1.807, 2.05) is 48.0 Å². The zero-order chi connectivity index (χ0) is 13.9. The summed E-state index contributed by atoms with van der Waals surface area (Å²) in [6.07, 6.45) is 0. The van der Waals surface area contributed by atoms with Gasteiger partial charge in [-0.3, -0.25) is 0 Å². The fraction of sp³-hybridized carbons (Fsp3) is 0.125. The molecule has 0 bridgehead atoms. The molecule has 0 amide bonds. The van der Waals surface area contributed by atoms with Crippen LogP contribution >= 0.6 is 15.9 Å². The first-order valence-corrected chi connectivity index (χ1v) is 7.23. The molecule has 0 N–H and O–H groups in total. The summed E-state index contributed by atoms with van der Waals surface area (Å²) in [7, 11) is 0. The third kappa shape index (κ3) is 2.65. The van der Waals surface area contributed by atoms with Crippen LogP contribution in [-0.4, -0.2) is 14.8 Å². The standard InChI is InChI=1S/C16H14BrN3/c1-12-18-16(13-7-3-2-4-8-13)20(19-12)11-14-9-5-6-10-15(14)17/h2-10H,11H2,1H3. The van der Waals surface area contributed by atoms with E-state index in [-0.39, 0.29) is 0 Å². The molecule has 0 spiro atoms. The SMILES string of the molecule is Cc1nc(-c2ccccc2)n(Cc2ccccc2Br)n1. The Hall–Kier alpha value is -1.94. The van der Waals surface area contributed by atoms with Gasteiger partial charge in [0, 0.05) is 10.0 Å². The molecule has 2 aromatic carbocycles. The van der Waals surface area contributed by atoms with Gasteiger partial charge in [0.1, 0.15) is 5.82 Å². The van der Waals surface area contributed by atoms with Crippen LogP contribution in [0.5, 0.6) is 0 Å². The highest BCUT2D eigenvalue weighted by Crippen LogP contribution is 2.21. The van der Waals surface area contributed by atoms with E-state index in [1.54, 1.807) is 0 Å². The summed E-state index contributed by atoms with van der Waals surface area (Å²) < 4.78 is 3.04. The molecule has 4 heteroatoms. The van der Waals surface area contributed by atoms with E-state index >= 15 is 0 Å². The molecule has 0 aliphatic carbocycles. The second-order valence-corrected chi connectivity index (χ2v) is 5.45. The average Bonchev–Trinajstić information content (AvgIpc) is 2.83. The molecule has 3 nitrogen and oxygen atoms in total. The van der Waals surface area contributed by atoms with E-state index in [1.165, 1.54) is 5.56 Å². The second kappa shape index (κ2) is 5.59. The summed E-state index contributed by atoms with van der Waals surface area (Å²) in [6, 6.07) is 18.3. The van der Waals surface area contributed by atoms with Crippen molar-refractivity contribution < 1.29 is 0 Å². The number of nitrogens with zero attached hydrogens (tertiary/aromatic N) is 3. The Labute approximate surface area is 126 Å². The lowest BCUT2D eigenvalue weighted by atomic mass is 10.2. The van der Waals surface area contributed by atoms with Crippen LogP contribution in [0.15, 0.2) is 59.1 Å². The third-order valence-corrected chi connectivity index (χ3v) is 3.86. The minimum absolute atomic E-state index is 0.701. The Morgan fingerprint density at radius 2 is 1.70 bits per heavy atom. The van der Waals surface area contributed by atoms with Gasteiger partial charge in [-0.15, -0.1) is 0 Å². The fourth-order valence-corrected chi connectivity index (χ4v) is 2.56. The van der Waals surface area contributed by atoms with Crippen LogP contribution < -0.4 is 0 Å². The number of benzene rings is 2. The maximum Gasteiger partial charge on any atom is 0.158 e. The van der Waals surface area contributed by atoms with Gasteiger partial charge < -0.3 is 0 Å². The third-order valence-electron chi connectivity index (χ3n) is 3.09. The number of hydrogen-bond donors (Lipinski definition) is 0. The van der Waals surface area contributed by atoms with E-state index in [0.29, 0.717) is 6.54 Å². The molecule has 0 aliphatic heterocycles. The number of rotatable bonds is 3. The van der Waals surface area contributed by atoms with Crippen LogP contribution in [0.4, 0.5) is 0 Å². The lowest BCUT2D eigenvalue weighted by molar-refractivity contribution is 0.684. The highest BCUT2D eigenvalue weighted by molar-refractivity contribution is 9.10. The Balaban J connectivity index is 2.01. The molecule has 3 rings (SSSR count). The van der Waals surface area contributed by atoms with Gasteiger partial charge in [0.15, 0.2) is 5.82 Å². The van der Waals surface area contributed by atoms with Crippen molar-refractivity contribution in [3.8, 4) is 11.4 Å². The van der Waals surface area contributed by atoms with Gasteiger partial charge in [0.25, 0.3) is 0 Å². The minimum Gasteiger partial charge on any atom is -0.241 e. The lowest BCUT2D eigenvalue weighted by Crippen LogP contribution is -2.04. The molecule has 0 fully saturated rings. The van der Waals surface area contributed by atoms with Gasteiger partial charge in [-0.05, 0) is 18.6 Å². The van der Waals surface area contributed by atoms with Gasteiger partial charge >= 0.3 is 0 Å². The molecule has 1 heterocycles. The minimum atomic E-state index is 0.701. The number of hydrogen-bond acceptors (Lipinski definition) is 2. The van der Waals surface area contributed by atoms with E-state index in [4.69, 9.17) is 0 Å². The van der Waals surface area contributed by atoms with Crippen LogP contribution in [0.2, 0.25) is 0 Å². The molecule has 0 saturated carbocycles. The second-order valence-electron chi connectivity index (χ2n) is 4.60. The smallest absolute Gasteiger partial charge is 0.158 e. The predicted molar refractivity (Wildman–Crippen MR) is 83.4 cm³/mol. The van der Waals surface area contributed by atoms with Gasteiger partial charge in [-0.1, -0.05) is 64.5 Å². The largest absolute Gasteiger partial charge is 0.241 e. The van der Waals surface area contributed by atoms with E-state index < -0.39 is 0 Å². The normalized spacial score (nSPS) is 10.7. The van der Waals surface area contributed by atoms with Gasteiger partial charge in [-0.25, -0.2) is 9.67 Å². The average molecular weight is 328 g/mol. The van der Waals surface area contributed by atoms with E-state index in [9.17, 15) is 0 Å². The van der Waals surface area contributed by atoms with Crippen LogP contribution in [-0.2, 0) is 6.54 Å². The summed E-state index contributed by atoms with van der Waals surface area (Å²) in [5.74, 6) is 1.69. The first-order valence-electron chi connectivity index (χ1n) is 6.44. The zero-order valence-electron chi connectivity index (χ0n) is 11.1. The number of aromatic nitrogens is 3. The van der Waals surface area contributed by atoms with E-state index in [0.717, 1.165) is 21.7 Å². The topological polar surface area (TPSA) is 30.7 Å². The number of halogens is 1. The molecule has 1 aromatic heterocycles. The summed E-state index contributed by atoms with van der Waals surface area (Å²) in [4.78, 5) is 4.54. The molecule has 0 saturated heterocycles. The molecular weight excluding hydrogens is 314 g/mol. The Morgan fingerprint density at radius 1 is 1.00 bits per heavy atom. The van der Waals surface area contributed by atoms with Crippen LogP contribution in [0.25, 0.3) is 11.4 Å². The van der Waals surface area contributed by atoms with Crippen LogP contribution in [0, 0.1) is 6.92 Å². The Kier molecular flexibility index (Phi) is 3.65. The van der Waals surface area contributed by atoms with Gasteiger partial charge in [-0.2, -0.15) is 5.10 Å². The first-order chi connectivity index (χ1) is 9.74. The predicted octanol–water partition coefficient (Wildman–Crippen LogP) is 4.06. The van der Waals surface area contributed by atoms with Crippen molar-refractivity contribution >= 4 is 15.9 Å². The first kappa shape index (κ1) is 13.1. The zero-order valence-corrected chi connectivity index (χ0v) is 12.7. The summed E-state index contributed by atoms with van der Waals surface area (Å²) in [6.45, 7) is 2.62. The molecule has 0 aliphatic rings. The summed E-state index contributed by atoms with van der Waals surface area (Å²) in [5.41, 5.74) is 2.27. The molecule has 20 heavy (non-hydrogen) atoms. The molecule has 100 valence electrons. The van der Waals surface area contributed by atoms with Gasteiger partial charge in [0.05, 0.1) is 6.54 Å². The Morgan fingerprint density at radius 3 is 2.45 bits per heavy atom. The van der Waals surface area contributed by atoms with Crippen LogP contribution in [0.3, 0.4) is 0 Å². The maximum atomic E-state index is 4.54. The fourth-order valence-electron chi connectivity index (χ4n) is 2.15. The highest BCUT2D eigenvalue weighted by atomic mass is 79.9.